The minimum Gasteiger partial charge on any atom is -0.480 e. The van der Waals surface area contributed by atoms with Gasteiger partial charge in [-0.05, 0) is 12.1 Å². The highest BCUT2D eigenvalue weighted by Gasteiger charge is 2.12. The van der Waals surface area contributed by atoms with Crippen LogP contribution in [0.2, 0.25) is 0 Å². The highest BCUT2D eigenvalue weighted by molar-refractivity contribution is 5.97. The van der Waals surface area contributed by atoms with Gasteiger partial charge in [0.25, 0.3) is 0 Å². The Morgan fingerprint density at radius 1 is 1.58 bits per heavy atom. The number of carbonyl (C=O) groups is 1. The van der Waals surface area contributed by atoms with Crippen molar-refractivity contribution in [3.8, 4) is 11.8 Å². The van der Waals surface area contributed by atoms with E-state index in [0.29, 0.717) is 22.3 Å². The van der Waals surface area contributed by atoms with Gasteiger partial charge in [0.05, 0.1) is 18.4 Å². The molecule has 0 aliphatic carbocycles. The maximum Gasteiger partial charge on any atom is 0.343 e. The number of esters is 1. The van der Waals surface area contributed by atoms with Gasteiger partial charge in [0.1, 0.15) is 17.3 Å². The molecule has 2 rings (SSSR count). The van der Waals surface area contributed by atoms with Crippen LogP contribution in [-0.2, 0) is 9.53 Å². The van der Waals surface area contributed by atoms with Crippen molar-refractivity contribution >= 4 is 22.6 Å². The number of pyridine rings is 1. The van der Waals surface area contributed by atoms with Crippen LogP contribution in [0.4, 0.5) is 5.69 Å². The van der Waals surface area contributed by atoms with Gasteiger partial charge in [0.15, 0.2) is 6.61 Å². The van der Waals surface area contributed by atoms with E-state index in [9.17, 15) is 4.79 Å². The largest absolute Gasteiger partial charge is 0.480 e. The number of benzene rings is 1. The van der Waals surface area contributed by atoms with Crippen molar-refractivity contribution in [3.63, 3.8) is 0 Å². The first kappa shape index (κ1) is 12.6. The van der Waals surface area contributed by atoms with Crippen LogP contribution in [0.5, 0.6) is 5.75 Å². The van der Waals surface area contributed by atoms with Gasteiger partial charge >= 0.3 is 5.97 Å². The first-order chi connectivity index (χ1) is 9.17. The molecule has 0 atom stereocenters. The van der Waals surface area contributed by atoms with Crippen molar-refractivity contribution < 1.29 is 14.3 Å². The van der Waals surface area contributed by atoms with Crippen molar-refractivity contribution in [2.24, 2.45) is 0 Å². The van der Waals surface area contributed by atoms with Gasteiger partial charge in [-0.1, -0.05) is 0 Å². The van der Waals surface area contributed by atoms with Gasteiger partial charge in [-0.2, -0.15) is 5.26 Å². The summed E-state index contributed by atoms with van der Waals surface area (Å²) in [7, 11) is 1.27. The summed E-state index contributed by atoms with van der Waals surface area (Å²) in [5.74, 6) is -0.189. The van der Waals surface area contributed by atoms with E-state index in [1.54, 1.807) is 18.3 Å². The lowest BCUT2D eigenvalue weighted by molar-refractivity contribution is -0.142. The van der Waals surface area contributed by atoms with Crippen LogP contribution in [0, 0.1) is 11.3 Å². The standard InChI is InChI=1S/C13H11N3O3/c1-18-11(17)7-19-10-5-8(6-14)12(15)9-3-2-4-16-13(9)10/h2-5H,7,15H2,1H3. The Balaban J connectivity index is 2.51. The molecule has 2 N–H and O–H groups in total. The van der Waals surface area contributed by atoms with Crippen molar-refractivity contribution in [1.82, 2.24) is 4.98 Å². The van der Waals surface area contributed by atoms with Crippen LogP contribution in [0.25, 0.3) is 10.9 Å². The van der Waals surface area contributed by atoms with Crippen LogP contribution in [-0.4, -0.2) is 24.7 Å². The molecule has 0 bridgehead atoms. The minimum atomic E-state index is -0.514. The van der Waals surface area contributed by atoms with Crippen molar-refractivity contribution in [3.05, 3.63) is 30.0 Å². The molecule has 0 amide bonds. The number of nitrogens with zero attached hydrogens (tertiary/aromatic N) is 2. The fraction of sp³-hybridized carbons (Fsp3) is 0.154. The maximum atomic E-state index is 11.1. The quantitative estimate of drug-likeness (QED) is 0.656. The fourth-order valence-electron chi connectivity index (χ4n) is 1.64. The maximum absolute atomic E-state index is 11.1. The molecular formula is C13H11N3O3. The van der Waals surface area contributed by atoms with E-state index in [-0.39, 0.29) is 12.2 Å². The molecule has 1 aromatic carbocycles. The first-order valence-corrected chi connectivity index (χ1v) is 5.44. The van der Waals surface area contributed by atoms with Crippen LogP contribution in [0.3, 0.4) is 0 Å². The lowest BCUT2D eigenvalue weighted by Crippen LogP contribution is -2.13. The number of fused-ring (bicyclic) bond motifs is 1. The van der Waals surface area contributed by atoms with Crippen molar-refractivity contribution in [2.75, 3.05) is 19.5 Å². The Bertz CT molecular complexity index is 677. The lowest BCUT2D eigenvalue weighted by Gasteiger charge is -2.10. The summed E-state index contributed by atoms with van der Waals surface area (Å²) in [6.45, 7) is -0.253. The van der Waals surface area contributed by atoms with Gasteiger partial charge in [0.2, 0.25) is 0 Å². The minimum absolute atomic E-state index is 0.253. The SMILES string of the molecule is COC(=O)COc1cc(C#N)c(N)c2cccnc12. The van der Waals surface area contributed by atoms with E-state index in [1.807, 2.05) is 6.07 Å². The Labute approximate surface area is 109 Å². The number of ether oxygens (including phenoxy) is 2. The predicted molar refractivity (Wildman–Crippen MR) is 68.4 cm³/mol. The van der Waals surface area contributed by atoms with Crippen LogP contribution in [0.1, 0.15) is 5.56 Å². The molecule has 0 saturated carbocycles. The number of hydrogen-bond acceptors (Lipinski definition) is 6. The zero-order valence-electron chi connectivity index (χ0n) is 10.2. The highest BCUT2D eigenvalue weighted by atomic mass is 16.6. The lowest BCUT2D eigenvalue weighted by atomic mass is 10.1. The summed E-state index contributed by atoms with van der Waals surface area (Å²) in [4.78, 5) is 15.2. The van der Waals surface area contributed by atoms with Crippen LogP contribution < -0.4 is 10.5 Å². The van der Waals surface area contributed by atoms with E-state index < -0.39 is 5.97 Å². The number of carbonyl (C=O) groups excluding carboxylic acids is 1. The van der Waals surface area contributed by atoms with Crippen molar-refractivity contribution in [2.45, 2.75) is 0 Å². The molecule has 0 spiro atoms. The number of rotatable bonds is 3. The van der Waals surface area contributed by atoms with E-state index in [2.05, 4.69) is 9.72 Å². The van der Waals surface area contributed by atoms with Gasteiger partial charge < -0.3 is 15.2 Å². The molecule has 19 heavy (non-hydrogen) atoms. The Kier molecular flexibility index (Phi) is 3.48. The van der Waals surface area contributed by atoms with Gasteiger partial charge in [0, 0.05) is 17.6 Å². The average molecular weight is 257 g/mol. The molecule has 0 aliphatic rings. The second kappa shape index (κ2) is 5.23. The Morgan fingerprint density at radius 2 is 2.37 bits per heavy atom. The summed E-state index contributed by atoms with van der Waals surface area (Å²) in [6, 6.07) is 6.90. The number of methoxy groups -OCH3 is 1. The second-order valence-electron chi connectivity index (χ2n) is 3.71. The topological polar surface area (TPSA) is 98.2 Å². The molecule has 2 aromatic rings. The molecule has 0 unspecified atom stereocenters. The van der Waals surface area contributed by atoms with E-state index in [1.165, 1.54) is 13.2 Å². The summed E-state index contributed by atoms with van der Waals surface area (Å²) in [5, 5.41) is 9.64. The molecule has 6 nitrogen and oxygen atoms in total. The van der Waals surface area contributed by atoms with Crippen molar-refractivity contribution in [1.29, 1.82) is 5.26 Å². The highest BCUT2D eigenvalue weighted by Crippen LogP contribution is 2.31. The van der Waals surface area contributed by atoms with E-state index in [4.69, 9.17) is 15.7 Å². The summed E-state index contributed by atoms with van der Waals surface area (Å²) < 4.78 is 9.82. The molecule has 0 fully saturated rings. The number of nitrogens with two attached hydrogens (primary N) is 1. The molecule has 6 heteroatoms. The normalized spacial score (nSPS) is 9.89. The van der Waals surface area contributed by atoms with Crippen LogP contribution >= 0.6 is 0 Å². The molecule has 0 aliphatic heterocycles. The Morgan fingerprint density at radius 3 is 3.05 bits per heavy atom. The fourth-order valence-corrected chi connectivity index (χ4v) is 1.64. The molecule has 0 radical (unpaired) electrons. The molecular weight excluding hydrogens is 246 g/mol. The zero-order valence-corrected chi connectivity index (χ0v) is 10.2. The zero-order chi connectivity index (χ0) is 13.8. The van der Waals surface area contributed by atoms with Gasteiger partial charge in [-0.25, -0.2) is 4.79 Å². The van der Waals surface area contributed by atoms with E-state index >= 15 is 0 Å². The Hall–Kier alpha value is -2.81. The van der Waals surface area contributed by atoms with Crippen LogP contribution in [0.15, 0.2) is 24.4 Å². The number of aromatic nitrogens is 1. The summed E-state index contributed by atoms with van der Waals surface area (Å²) in [5.41, 5.74) is 7.00. The number of hydrogen-bond donors (Lipinski definition) is 1. The summed E-state index contributed by atoms with van der Waals surface area (Å²) in [6.07, 6.45) is 1.58. The third kappa shape index (κ3) is 2.40. The molecule has 0 saturated heterocycles. The second-order valence-corrected chi connectivity index (χ2v) is 3.71. The van der Waals surface area contributed by atoms with Gasteiger partial charge in [-0.3, -0.25) is 4.98 Å². The first-order valence-electron chi connectivity index (χ1n) is 5.44. The monoisotopic (exact) mass is 257 g/mol. The predicted octanol–water partition coefficient (Wildman–Crippen LogP) is 1.24. The van der Waals surface area contributed by atoms with E-state index in [0.717, 1.165) is 0 Å². The number of nitriles is 1. The number of nitrogen functional groups attached to an aromatic ring is 1. The van der Waals surface area contributed by atoms with Gasteiger partial charge in [-0.15, -0.1) is 0 Å². The smallest absolute Gasteiger partial charge is 0.343 e. The third-order valence-corrected chi connectivity index (χ3v) is 2.59. The molecule has 1 heterocycles. The summed E-state index contributed by atoms with van der Waals surface area (Å²) >= 11 is 0. The average Bonchev–Trinajstić information content (AvgIpc) is 2.46. The number of anilines is 1. The molecule has 1 aromatic heterocycles. The molecule has 96 valence electrons. The third-order valence-electron chi connectivity index (χ3n) is 2.59.